The Bertz CT molecular complexity index is 500. The molecule has 0 spiro atoms. The lowest BCUT2D eigenvalue weighted by molar-refractivity contribution is 0.661. The maximum Gasteiger partial charge on any atom is 0.0815 e. The number of nitrogens with one attached hydrogen (secondary N) is 1. The molecule has 0 saturated carbocycles. The van der Waals surface area contributed by atoms with E-state index >= 15 is 0 Å². The van der Waals surface area contributed by atoms with E-state index in [9.17, 15) is 0 Å². The second-order valence-corrected chi connectivity index (χ2v) is 4.72. The van der Waals surface area contributed by atoms with Crippen LogP contribution in [0.1, 0.15) is 23.7 Å². The number of halogens is 1. The van der Waals surface area contributed by atoms with Crippen LogP contribution in [-0.2, 0) is 13.1 Å². The van der Waals surface area contributed by atoms with Crippen LogP contribution in [0.5, 0.6) is 0 Å². The lowest BCUT2D eigenvalue weighted by Crippen LogP contribution is -2.14. The van der Waals surface area contributed by atoms with Crippen LogP contribution in [-0.4, -0.2) is 16.3 Å². The van der Waals surface area contributed by atoms with E-state index in [1.165, 1.54) is 11.1 Å². The molecule has 96 valence electrons. The fraction of sp³-hybridized carbons (Fsp3) is 0.357. The van der Waals surface area contributed by atoms with Crippen molar-refractivity contribution in [2.24, 2.45) is 0 Å². The fourth-order valence-corrected chi connectivity index (χ4v) is 2.04. The highest BCUT2D eigenvalue weighted by atomic mass is 35.5. The molecule has 0 aliphatic carbocycles. The van der Waals surface area contributed by atoms with Crippen molar-refractivity contribution in [2.45, 2.75) is 26.9 Å². The molecular weight excluding hydrogens is 246 g/mol. The van der Waals surface area contributed by atoms with E-state index in [1.807, 2.05) is 17.8 Å². The summed E-state index contributed by atoms with van der Waals surface area (Å²) in [5, 5.41) is 8.46. The highest BCUT2D eigenvalue weighted by molar-refractivity contribution is 6.31. The van der Waals surface area contributed by atoms with Crippen molar-refractivity contribution in [2.75, 3.05) is 6.54 Å². The number of aryl methyl sites for hydroxylation is 1. The molecule has 0 atom stereocenters. The lowest BCUT2D eigenvalue weighted by atomic mass is 10.1. The zero-order chi connectivity index (χ0) is 13.0. The van der Waals surface area contributed by atoms with Crippen molar-refractivity contribution in [3.05, 3.63) is 52.3 Å². The minimum absolute atomic E-state index is 0.721. The summed E-state index contributed by atoms with van der Waals surface area (Å²) in [5.41, 5.74) is 3.46. The normalized spacial score (nSPS) is 10.8. The molecule has 2 rings (SSSR count). The molecule has 0 aliphatic rings. The number of hydrogen-bond donors (Lipinski definition) is 1. The smallest absolute Gasteiger partial charge is 0.0815 e. The van der Waals surface area contributed by atoms with E-state index < -0.39 is 0 Å². The Morgan fingerprint density at radius 1 is 1.28 bits per heavy atom. The van der Waals surface area contributed by atoms with Gasteiger partial charge in [-0.1, -0.05) is 42.8 Å². The first-order valence-electron chi connectivity index (χ1n) is 6.17. The Hall–Kier alpha value is -1.32. The zero-order valence-electron chi connectivity index (χ0n) is 10.8. The third kappa shape index (κ3) is 3.12. The van der Waals surface area contributed by atoms with Gasteiger partial charge in [0.15, 0.2) is 0 Å². The third-order valence-electron chi connectivity index (χ3n) is 2.90. The van der Waals surface area contributed by atoms with Gasteiger partial charge in [-0.15, -0.1) is 0 Å². The fourth-order valence-electron chi connectivity index (χ4n) is 1.89. The lowest BCUT2D eigenvalue weighted by Gasteiger charge is -2.09. The van der Waals surface area contributed by atoms with Gasteiger partial charge in [0.2, 0.25) is 0 Å². The molecule has 0 unspecified atom stereocenters. The predicted octanol–water partition coefficient (Wildman–Crippen LogP) is 3.00. The quantitative estimate of drug-likeness (QED) is 0.899. The van der Waals surface area contributed by atoms with Crippen molar-refractivity contribution < 1.29 is 0 Å². The summed E-state index contributed by atoms with van der Waals surface area (Å²) >= 11 is 6.02. The van der Waals surface area contributed by atoms with Gasteiger partial charge in [-0.05, 0) is 24.6 Å². The van der Waals surface area contributed by atoms with E-state index in [2.05, 4.69) is 41.6 Å². The van der Waals surface area contributed by atoms with Crippen molar-refractivity contribution in [3.63, 3.8) is 0 Å². The molecule has 0 aliphatic heterocycles. The summed E-state index contributed by atoms with van der Waals surface area (Å²) in [7, 11) is 0. The van der Waals surface area contributed by atoms with Crippen LogP contribution < -0.4 is 5.32 Å². The molecule has 0 fully saturated rings. The molecule has 0 radical (unpaired) electrons. The number of aromatic nitrogens is 2. The summed E-state index contributed by atoms with van der Waals surface area (Å²) in [4.78, 5) is 0. The van der Waals surface area contributed by atoms with Gasteiger partial charge in [0.05, 0.1) is 17.3 Å². The minimum atomic E-state index is 0.721. The van der Waals surface area contributed by atoms with Crippen molar-refractivity contribution in [1.29, 1.82) is 0 Å². The first kappa shape index (κ1) is 13.1. The Morgan fingerprint density at radius 2 is 2.00 bits per heavy atom. The van der Waals surface area contributed by atoms with Crippen LogP contribution in [0.25, 0.3) is 0 Å². The minimum Gasteiger partial charge on any atom is -0.313 e. The zero-order valence-corrected chi connectivity index (χ0v) is 11.5. The molecule has 1 aromatic carbocycles. The molecule has 0 amide bonds. The van der Waals surface area contributed by atoms with Crippen LogP contribution in [0.4, 0.5) is 0 Å². The second-order valence-electron chi connectivity index (χ2n) is 4.31. The number of benzene rings is 1. The van der Waals surface area contributed by atoms with Crippen LogP contribution in [0.2, 0.25) is 5.02 Å². The average Bonchev–Trinajstić information content (AvgIpc) is 2.67. The molecule has 2 aromatic rings. The molecule has 1 N–H and O–H groups in total. The average molecular weight is 264 g/mol. The standard InChI is InChI=1S/C14H18ClN3/c1-3-16-8-12-6-4-5-7-13(12)9-18-10-14(15)11(2)17-18/h4-7,10,16H,3,8-9H2,1-2H3. The van der Waals surface area contributed by atoms with Gasteiger partial charge in [0, 0.05) is 12.7 Å². The van der Waals surface area contributed by atoms with Crippen LogP contribution in [0, 0.1) is 6.92 Å². The van der Waals surface area contributed by atoms with Crippen LogP contribution >= 0.6 is 11.6 Å². The van der Waals surface area contributed by atoms with Gasteiger partial charge >= 0.3 is 0 Å². The van der Waals surface area contributed by atoms with Gasteiger partial charge in [-0.2, -0.15) is 5.10 Å². The van der Waals surface area contributed by atoms with Crippen molar-refractivity contribution in [3.8, 4) is 0 Å². The van der Waals surface area contributed by atoms with E-state index in [0.29, 0.717) is 0 Å². The number of nitrogens with zero attached hydrogens (tertiary/aromatic N) is 2. The van der Waals surface area contributed by atoms with Crippen molar-refractivity contribution >= 4 is 11.6 Å². The summed E-state index contributed by atoms with van der Waals surface area (Å²) in [6.45, 7) is 6.65. The molecule has 0 saturated heterocycles. The number of hydrogen-bond acceptors (Lipinski definition) is 2. The Morgan fingerprint density at radius 3 is 2.61 bits per heavy atom. The third-order valence-corrected chi connectivity index (χ3v) is 3.27. The van der Waals surface area contributed by atoms with E-state index in [-0.39, 0.29) is 0 Å². The molecule has 4 heteroatoms. The maximum atomic E-state index is 6.02. The Kier molecular flexibility index (Phi) is 4.39. The second kappa shape index (κ2) is 6.03. The van der Waals surface area contributed by atoms with E-state index in [1.54, 1.807) is 0 Å². The number of rotatable bonds is 5. The largest absolute Gasteiger partial charge is 0.313 e. The van der Waals surface area contributed by atoms with Crippen LogP contribution in [0.15, 0.2) is 30.5 Å². The molecule has 0 bridgehead atoms. The summed E-state index contributed by atoms with van der Waals surface area (Å²) in [6.07, 6.45) is 1.88. The molecular formula is C14H18ClN3. The van der Waals surface area contributed by atoms with Crippen molar-refractivity contribution in [1.82, 2.24) is 15.1 Å². The summed E-state index contributed by atoms with van der Waals surface area (Å²) < 4.78 is 1.89. The van der Waals surface area contributed by atoms with E-state index in [4.69, 9.17) is 11.6 Å². The first-order chi connectivity index (χ1) is 8.70. The predicted molar refractivity (Wildman–Crippen MR) is 74.9 cm³/mol. The highest BCUT2D eigenvalue weighted by Gasteiger charge is 2.05. The molecule has 1 heterocycles. The molecule has 1 aromatic heterocycles. The Balaban J connectivity index is 2.17. The summed E-state index contributed by atoms with van der Waals surface area (Å²) in [5.74, 6) is 0. The van der Waals surface area contributed by atoms with Gasteiger partial charge < -0.3 is 5.32 Å². The SMILES string of the molecule is CCNCc1ccccc1Cn1cc(Cl)c(C)n1. The summed E-state index contributed by atoms with van der Waals surface area (Å²) in [6, 6.07) is 8.41. The maximum absolute atomic E-state index is 6.02. The van der Waals surface area contributed by atoms with E-state index in [0.717, 1.165) is 30.4 Å². The van der Waals surface area contributed by atoms with Gasteiger partial charge in [-0.25, -0.2) is 0 Å². The highest BCUT2D eigenvalue weighted by Crippen LogP contribution is 2.15. The van der Waals surface area contributed by atoms with Gasteiger partial charge in [0.1, 0.15) is 0 Å². The van der Waals surface area contributed by atoms with Gasteiger partial charge in [-0.3, -0.25) is 4.68 Å². The monoisotopic (exact) mass is 263 g/mol. The Labute approximate surface area is 113 Å². The topological polar surface area (TPSA) is 29.9 Å². The first-order valence-corrected chi connectivity index (χ1v) is 6.55. The van der Waals surface area contributed by atoms with Gasteiger partial charge in [0.25, 0.3) is 0 Å². The molecule has 18 heavy (non-hydrogen) atoms. The van der Waals surface area contributed by atoms with Crippen LogP contribution in [0.3, 0.4) is 0 Å². The molecule has 3 nitrogen and oxygen atoms in total.